The molecule has 2 aromatic heterocycles. The number of halogens is 2. The highest BCUT2D eigenvalue weighted by molar-refractivity contribution is 5.77. The molecular weight excluding hydrogens is 380 g/mol. The molecule has 0 radical (unpaired) electrons. The molecule has 1 atom stereocenters. The van der Waals surface area contributed by atoms with Gasteiger partial charge >= 0.3 is 0 Å². The van der Waals surface area contributed by atoms with E-state index in [-0.39, 0.29) is 5.56 Å². The third kappa shape index (κ3) is 3.36. The van der Waals surface area contributed by atoms with E-state index in [1.807, 2.05) is 36.5 Å². The minimum Gasteiger partial charge on any atom is -0.367 e. The Morgan fingerprint density at radius 1 is 1.07 bits per heavy atom. The molecule has 5 heteroatoms. The van der Waals surface area contributed by atoms with Crippen molar-refractivity contribution in [3.05, 3.63) is 89.9 Å². The molecule has 1 unspecified atom stereocenters. The van der Waals surface area contributed by atoms with E-state index in [2.05, 4.69) is 33.8 Å². The van der Waals surface area contributed by atoms with Crippen LogP contribution in [0.3, 0.4) is 0 Å². The van der Waals surface area contributed by atoms with Crippen LogP contribution in [0.2, 0.25) is 0 Å². The van der Waals surface area contributed by atoms with Crippen LogP contribution in [0, 0.1) is 40.7 Å². The van der Waals surface area contributed by atoms with Gasteiger partial charge in [0.2, 0.25) is 0 Å². The number of benzene rings is 2. The van der Waals surface area contributed by atoms with Crippen molar-refractivity contribution in [3.63, 3.8) is 0 Å². The van der Waals surface area contributed by atoms with Gasteiger partial charge < -0.3 is 4.98 Å². The van der Waals surface area contributed by atoms with Crippen molar-refractivity contribution in [1.82, 2.24) is 14.8 Å². The summed E-state index contributed by atoms with van der Waals surface area (Å²) in [5.41, 5.74) is 1.37. The van der Waals surface area contributed by atoms with E-state index in [1.54, 1.807) is 17.1 Å². The fraction of sp³-hybridized carbons (Fsp3) is 0.160. The minimum absolute atomic E-state index is 0.258. The summed E-state index contributed by atoms with van der Waals surface area (Å²) in [6.45, 7) is 0. The molecule has 2 heterocycles. The number of aromatic nitrogens is 3. The van der Waals surface area contributed by atoms with Crippen LogP contribution in [0.15, 0.2) is 67.1 Å². The number of hydrogen-bond acceptors (Lipinski definition) is 1. The first-order valence-corrected chi connectivity index (χ1v) is 9.69. The smallest absolute Gasteiger partial charge is 0.128 e. The quantitative estimate of drug-likeness (QED) is 0.481. The summed E-state index contributed by atoms with van der Waals surface area (Å²) in [5, 5.41) is 5.60. The molecule has 1 aliphatic rings. The standard InChI is InChI=1S/C25H17F2N3/c26-20-8-9-22(27)21(15-20)24(30-17-19-6-1-2-7-23(19)29-30)25(12-13-25)11-4-3-5-18-10-14-28-16-18/h1-2,6-10,14-17,24,28H,12-13H2. The first-order chi connectivity index (χ1) is 14.6. The molecule has 146 valence electrons. The zero-order chi connectivity index (χ0) is 20.6. The lowest BCUT2D eigenvalue weighted by atomic mass is 9.90. The second-order valence-corrected chi connectivity index (χ2v) is 7.49. The fourth-order valence-corrected chi connectivity index (χ4v) is 3.80. The van der Waals surface area contributed by atoms with Crippen LogP contribution in [0.1, 0.15) is 30.0 Å². The molecular formula is C25H17F2N3. The molecule has 1 fully saturated rings. The first kappa shape index (κ1) is 18.2. The predicted octanol–water partition coefficient (Wildman–Crippen LogP) is 5.07. The molecule has 1 N–H and O–H groups in total. The second kappa shape index (κ2) is 7.21. The fourth-order valence-electron chi connectivity index (χ4n) is 3.80. The van der Waals surface area contributed by atoms with Gasteiger partial charge in [0.05, 0.1) is 17.0 Å². The van der Waals surface area contributed by atoms with Crippen molar-refractivity contribution in [1.29, 1.82) is 0 Å². The van der Waals surface area contributed by atoms with E-state index in [9.17, 15) is 8.78 Å². The first-order valence-electron chi connectivity index (χ1n) is 9.69. The van der Waals surface area contributed by atoms with E-state index >= 15 is 0 Å². The lowest BCUT2D eigenvalue weighted by molar-refractivity contribution is 0.390. The zero-order valence-electron chi connectivity index (χ0n) is 16.0. The van der Waals surface area contributed by atoms with Crippen LogP contribution in [0.25, 0.3) is 10.9 Å². The van der Waals surface area contributed by atoms with Gasteiger partial charge in [-0.05, 0) is 55.0 Å². The zero-order valence-corrected chi connectivity index (χ0v) is 16.0. The summed E-state index contributed by atoms with van der Waals surface area (Å²) >= 11 is 0. The Hall–Kier alpha value is -3.83. The summed E-state index contributed by atoms with van der Waals surface area (Å²) < 4.78 is 30.6. The van der Waals surface area contributed by atoms with E-state index in [4.69, 9.17) is 0 Å². The topological polar surface area (TPSA) is 33.6 Å². The van der Waals surface area contributed by atoms with Crippen molar-refractivity contribution in [3.8, 4) is 23.7 Å². The third-order valence-electron chi connectivity index (χ3n) is 5.44. The number of fused-ring (bicyclic) bond motifs is 1. The van der Waals surface area contributed by atoms with E-state index in [0.717, 1.165) is 41.4 Å². The van der Waals surface area contributed by atoms with Crippen molar-refractivity contribution in [2.24, 2.45) is 5.41 Å². The second-order valence-electron chi connectivity index (χ2n) is 7.49. The maximum atomic E-state index is 14.8. The van der Waals surface area contributed by atoms with Crippen LogP contribution >= 0.6 is 0 Å². The molecule has 5 rings (SSSR count). The monoisotopic (exact) mass is 397 g/mol. The van der Waals surface area contributed by atoms with Gasteiger partial charge in [0.1, 0.15) is 11.6 Å². The minimum atomic E-state index is -0.540. The third-order valence-corrected chi connectivity index (χ3v) is 5.44. The van der Waals surface area contributed by atoms with Gasteiger partial charge in [0.25, 0.3) is 0 Å². The summed E-state index contributed by atoms with van der Waals surface area (Å²) in [6, 6.07) is 12.5. The van der Waals surface area contributed by atoms with Crippen molar-refractivity contribution in [2.45, 2.75) is 18.9 Å². The van der Waals surface area contributed by atoms with Gasteiger partial charge in [-0.25, -0.2) is 8.78 Å². The molecule has 0 spiro atoms. The Kier molecular flexibility index (Phi) is 4.38. The van der Waals surface area contributed by atoms with Crippen LogP contribution in [-0.4, -0.2) is 14.8 Å². The summed E-state index contributed by atoms with van der Waals surface area (Å²) in [5.74, 6) is 11.1. The lowest BCUT2D eigenvalue weighted by Crippen LogP contribution is -2.23. The number of nitrogens with zero attached hydrogens (tertiary/aromatic N) is 2. The molecule has 0 saturated heterocycles. The van der Waals surface area contributed by atoms with Gasteiger partial charge in [0.15, 0.2) is 0 Å². The summed E-state index contributed by atoms with van der Waals surface area (Å²) in [4.78, 5) is 2.95. The van der Waals surface area contributed by atoms with E-state index in [1.165, 1.54) is 6.07 Å². The molecule has 0 aliphatic heterocycles. The van der Waals surface area contributed by atoms with Gasteiger partial charge in [-0.1, -0.05) is 30.0 Å². The molecule has 30 heavy (non-hydrogen) atoms. The molecule has 1 saturated carbocycles. The van der Waals surface area contributed by atoms with Crippen LogP contribution in [-0.2, 0) is 0 Å². The van der Waals surface area contributed by atoms with Gasteiger partial charge in [0, 0.05) is 35.1 Å². The molecule has 4 aromatic rings. The largest absolute Gasteiger partial charge is 0.367 e. The maximum absolute atomic E-state index is 14.8. The van der Waals surface area contributed by atoms with Crippen molar-refractivity contribution >= 4 is 10.9 Å². The van der Waals surface area contributed by atoms with Gasteiger partial charge in [-0.3, -0.25) is 4.68 Å². The highest BCUT2D eigenvalue weighted by atomic mass is 19.1. The Labute approximate surface area is 172 Å². The molecule has 0 amide bonds. The van der Waals surface area contributed by atoms with Crippen LogP contribution in [0.4, 0.5) is 8.78 Å². The normalized spacial score (nSPS) is 15.0. The number of rotatable bonds is 3. The van der Waals surface area contributed by atoms with Gasteiger partial charge in [-0.15, -0.1) is 0 Å². The molecule has 2 aromatic carbocycles. The number of nitrogens with one attached hydrogen (secondary N) is 1. The lowest BCUT2D eigenvalue weighted by Gasteiger charge is -2.24. The SMILES string of the molecule is Fc1ccc(F)c(C(n2cc3ccccc3n2)C2(C#CC#Cc3cc[nH]c3)CC2)c1. The summed E-state index contributed by atoms with van der Waals surface area (Å²) in [7, 11) is 0. The number of H-pyrrole nitrogens is 1. The van der Waals surface area contributed by atoms with Gasteiger partial charge in [-0.2, -0.15) is 5.10 Å². The van der Waals surface area contributed by atoms with E-state index < -0.39 is 23.1 Å². The Morgan fingerprint density at radius 2 is 1.93 bits per heavy atom. The highest BCUT2D eigenvalue weighted by Gasteiger charge is 2.51. The maximum Gasteiger partial charge on any atom is 0.128 e. The average molecular weight is 397 g/mol. The van der Waals surface area contributed by atoms with Crippen LogP contribution in [0.5, 0.6) is 0 Å². The highest BCUT2D eigenvalue weighted by Crippen LogP contribution is 2.56. The van der Waals surface area contributed by atoms with Crippen molar-refractivity contribution in [2.75, 3.05) is 0 Å². The summed E-state index contributed by atoms with van der Waals surface area (Å²) in [6.07, 6.45) is 7.00. The predicted molar refractivity (Wildman–Crippen MR) is 111 cm³/mol. The molecule has 3 nitrogen and oxygen atoms in total. The number of hydrogen-bond donors (Lipinski definition) is 1. The molecule has 0 bridgehead atoms. The average Bonchev–Trinajstić information content (AvgIpc) is 3.15. The Morgan fingerprint density at radius 3 is 2.70 bits per heavy atom. The number of aromatic amines is 1. The Bertz CT molecular complexity index is 1310. The van der Waals surface area contributed by atoms with Crippen LogP contribution < -0.4 is 0 Å². The molecule has 1 aliphatic carbocycles. The Balaban J connectivity index is 1.60. The van der Waals surface area contributed by atoms with E-state index in [0.29, 0.717) is 0 Å². The van der Waals surface area contributed by atoms with Crippen molar-refractivity contribution < 1.29 is 8.78 Å².